The maximum absolute atomic E-state index is 4.13. The first-order valence-electron chi connectivity index (χ1n) is 5.44. The van der Waals surface area contributed by atoms with Crippen molar-refractivity contribution in [3.8, 4) is 11.1 Å². The molecule has 1 heterocycles. The zero-order chi connectivity index (χ0) is 10.1. The highest BCUT2D eigenvalue weighted by Crippen LogP contribution is 2.40. The Balaban J connectivity index is 1.93. The third-order valence-electron chi connectivity index (χ3n) is 2.95. The number of nitrogens with zero attached hydrogens (tertiary/aromatic N) is 1. The summed E-state index contributed by atoms with van der Waals surface area (Å²) in [6.45, 7) is 0. The third-order valence-corrected chi connectivity index (χ3v) is 2.95. The van der Waals surface area contributed by atoms with Crippen LogP contribution in [-0.2, 0) is 0 Å². The minimum atomic E-state index is 0.841. The number of aromatic nitrogens is 1. The summed E-state index contributed by atoms with van der Waals surface area (Å²) in [5.74, 6) is 0.841. The van der Waals surface area contributed by atoms with E-state index in [1.165, 1.54) is 29.5 Å². The Bertz CT molecular complexity index is 441. The van der Waals surface area contributed by atoms with Gasteiger partial charge in [-0.05, 0) is 41.5 Å². The number of pyridine rings is 1. The van der Waals surface area contributed by atoms with Gasteiger partial charge in [-0.2, -0.15) is 0 Å². The summed E-state index contributed by atoms with van der Waals surface area (Å²) in [5, 5.41) is 0. The lowest BCUT2D eigenvalue weighted by Crippen LogP contribution is -1.81. The van der Waals surface area contributed by atoms with Gasteiger partial charge in [0.25, 0.3) is 0 Å². The van der Waals surface area contributed by atoms with Crippen molar-refractivity contribution in [3.63, 3.8) is 0 Å². The van der Waals surface area contributed by atoms with Crippen LogP contribution in [0.2, 0.25) is 0 Å². The standard InChI is InChI=1S/C14H13N/c1-2-14(10-15-9-1)13-7-5-12(6-8-13)11-3-4-11/h1-2,5-11H,3-4H2. The van der Waals surface area contributed by atoms with E-state index in [0.29, 0.717) is 0 Å². The van der Waals surface area contributed by atoms with Crippen LogP contribution in [0.15, 0.2) is 48.8 Å². The Hall–Kier alpha value is -1.63. The van der Waals surface area contributed by atoms with Gasteiger partial charge >= 0.3 is 0 Å². The molecule has 1 fully saturated rings. The van der Waals surface area contributed by atoms with E-state index < -0.39 is 0 Å². The van der Waals surface area contributed by atoms with Gasteiger partial charge in [-0.15, -0.1) is 0 Å². The van der Waals surface area contributed by atoms with Crippen LogP contribution in [0.3, 0.4) is 0 Å². The van der Waals surface area contributed by atoms with E-state index in [9.17, 15) is 0 Å². The molecule has 1 aliphatic carbocycles. The zero-order valence-corrected chi connectivity index (χ0v) is 8.56. The zero-order valence-electron chi connectivity index (χ0n) is 8.56. The number of hydrogen-bond donors (Lipinski definition) is 0. The number of rotatable bonds is 2. The summed E-state index contributed by atoms with van der Waals surface area (Å²) >= 11 is 0. The van der Waals surface area contributed by atoms with Crippen molar-refractivity contribution in [2.24, 2.45) is 0 Å². The quantitative estimate of drug-likeness (QED) is 0.713. The molecule has 0 N–H and O–H groups in total. The summed E-state index contributed by atoms with van der Waals surface area (Å²) in [6.07, 6.45) is 6.45. The molecule has 0 amide bonds. The van der Waals surface area contributed by atoms with Crippen LogP contribution < -0.4 is 0 Å². The van der Waals surface area contributed by atoms with E-state index in [1.807, 2.05) is 18.5 Å². The Kier molecular flexibility index (Phi) is 2.02. The molecule has 3 rings (SSSR count). The molecule has 0 aliphatic heterocycles. The van der Waals surface area contributed by atoms with Gasteiger partial charge in [0, 0.05) is 12.4 Å². The van der Waals surface area contributed by atoms with Crippen LogP contribution in [0, 0.1) is 0 Å². The highest BCUT2D eigenvalue weighted by atomic mass is 14.6. The molecule has 0 atom stereocenters. The molecule has 1 nitrogen and oxygen atoms in total. The van der Waals surface area contributed by atoms with Crippen molar-refractivity contribution in [1.29, 1.82) is 0 Å². The van der Waals surface area contributed by atoms with E-state index in [1.54, 1.807) is 0 Å². The predicted octanol–water partition coefficient (Wildman–Crippen LogP) is 3.63. The highest BCUT2D eigenvalue weighted by Gasteiger charge is 2.22. The highest BCUT2D eigenvalue weighted by molar-refractivity contribution is 5.62. The lowest BCUT2D eigenvalue weighted by atomic mass is 10.0. The molecule has 0 bridgehead atoms. The van der Waals surface area contributed by atoms with Crippen LogP contribution >= 0.6 is 0 Å². The minimum Gasteiger partial charge on any atom is -0.264 e. The van der Waals surface area contributed by atoms with Crippen LogP contribution in [-0.4, -0.2) is 4.98 Å². The topological polar surface area (TPSA) is 12.9 Å². The summed E-state index contributed by atoms with van der Waals surface area (Å²) in [5.41, 5.74) is 3.94. The lowest BCUT2D eigenvalue weighted by Gasteiger charge is -2.02. The monoisotopic (exact) mass is 195 g/mol. The molecule has 1 aliphatic rings. The van der Waals surface area contributed by atoms with Gasteiger partial charge in [0.1, 0.15) is 0 Å². The van der Waals surface area contributed by atoms with Crippen LogP contribution in [0.25, 0.3) is 11.1 Å². The second-order valence-corrected chi connectivity index (χ2v) is 4.14. The fourth-order valence-corrected chi connectivity index (χ4v) is 1.90. The van der Waals surface area contributed by atoms with E-state index >= 15 is 0 Å². The Morgan fingerprint density at radius 1 is 0.933 bits per heavy atom. The van der Waals surface area contributed by atoms with Crippen molar-refractivity contribution in [2.75, 3.05) is 0 Å². The van der Waals surface area contributed by atoms with Crippen LogP contribution in [0.1, 0.15) is 24.3 Å². The van der Waals surface area contributed by atoms with Crippen molar-refractivity contribution in [2.45, 2.75) is 18.8 Å². The Labute approximate surface area is 89.8 Å². The Morgan fingerprint density at radius 3 is 2.33 bits per heavy atom. The molecule has 2 aromatic rings. The van der Waals surface area contributed by atoms with Gasteiger partial charge in [0.05, 0.1) is 0 Å². The predicted molar refractivity (Wildman–Crippen MR) is 61.6 cm³/mol. The van der Waals surface area contributed by atoms with Gasteiger partial charge < -0.3 is 0 Å². The van der Waals surface area contributed by atoms with Gasteiger partial charge in [-0.25, -0.2) is 0 Å². The van der Waals surface area contributed by atoms with E-state index in [0.717, 1.165) is 5.92 Å². The van der Waals surface area contributed by atoms with E-state index in [4.69, 9.17) is 0 Å². The fraction of sp³-hybridized carbons (Fsp3) is 0.214. The summed E-state index contributed by atoms with van der Waals surface area (Å²) < 4.78 is 0. The van der Waals surface area contributed by atoms with Crippen LogP contribution in [0.5, 0.6) is 0 Å². The molecule has 15 heavy (non-hydrogen) atoms. The molecule has 1 aromatic heterocycles. The maximum atomic E-state index is 4.13. The van der Waals surface area contributed by atoms with Crippen molar-refractivity contribution < 1.29 is 0 Å². The smallest absolute Gasteiger partial charge is 0.0346 e. The molecular formula is C14H13N. The van der Waals surface area contributed by atoms with Crippen molar-refractivity contribution in [1.82, 2.24) is 4.98 Å². The summed E-state index contributed by atoms with van der Waals surface area (Å²) in [7, 11) is 0. The largest absolute Gasteiger partial charge is 0.264 e. The van der Waals surface area contributed by atoms with E-state index in [-0.39, 0.29) is 0 Å². The van der Waals surface area contributed by atoms with Gasteiger partial charge in [-0.3, -0.25) is 4.98 Å². The maximum Gasteiger partial charge on any atom is 0.0346 e. The van der Waals surface area contributed by atoms with Gasteiger partial charge in [-0.1, -0.05) is 30.3 Å². The third kappa shape index (κ3) is 1.78. The molecule has 0 spiro atoms. The molecule has 74 valence electrons. The molecule has 1 aromatic carbocycles. The van der Waals surface area contributed by atoms with Crippen molar-refractivity contribution in [3.05, 3.63) is 54.4 Å². The molecule has 0 unspecified atom stereocenters. The normalized spacial score (nSPS) is 15.2. The molecule has 0 saturated heterocycles. The first-order chi connectivity index (χ1) is 7.43. The Morgan fingerprint density at radius 2 is 1.73 bits per heavy atom. The van der Waals surface area contributed by atoms with Crippen molar-refractivity contribution >= 4 is 0 Å². The molecule has 0 radical (unpaired) electrons. The minimum absolute atomic E-state index is 0.841. The second-order valence-electron chi connectivity index (χ2n) is 4.14. The van der Waals surface area contributed by atoms with Gasteiger partial charge in [0.2, 0.25) is 0 Å². The van der Waals surface area contributed by atoms with E-state index in [2.05, 4.69) is 35.3 Å². The second kappa shape index (κ2) is 3.50. The molecule has 1 heteroatoms. The number of benzene rings is 1. The average molecular weight is 195 g/mol. The fourth-order valence-electron chi connectivity index (χ4n) is 1.90. The number of hydrogen-bond acceptors (Lipinski definition) is 1. The summed E-state index contributed by atoms with van der Waals surface area (Å²) in [6, 6.07) is 13.0. The molecular weight excluding hydrogens is 182 g/mol. The van der Waals surface area contributed by atoms with Gasteiger partial charge in [0.15, 0.2) is 0 Å². The van der Waals surface area contributed by atoms with Crippen LogP contribution in [0.4, 0.5) is 0 Å². The first kappa shape index (κ1) is 8.66. The SMILES string of the molecule is c1cncc(-c2ccc(C3CC3)cc2)c1. The molecule has 1 saturated carbocycles. The lowest BCUT2D eigenvalue weighted by molar-refractivity contribution is 1.13. The first-order valence-corrected chi connectivity index (χ1v) is 5.44. The summed E-state index contributed by atoms with van der Waals surface area (Å²) in [4.78, 5) is 4.13. The average Bonchev–Trinajstić information content (AvgIpc) is 3.15.